The molecule has 0 unspecified atom stereocenters. The number of rotatable bonds is 4. The van der Waals surface area contributed by atoms with Gasteiger partial charge in [-0.2, -0.15) is 5.10 Å². The number of aromatic nitrogens is 2. The Morgan fingerprint density at radius 2 is 1.96 bits per heavy atom. The van der Waals surface area contributed by atoms with Crippen LogP contribution >= 0.6 is 0 Å². The number of piperidine rings is 1. The molecule has 0 radical (unpaired) electrons. The van der Waals surface area contributed by atoms with Crippen LogP contribution in [0.3, 0.4) is 0 Å². The second kappa shape index (κ2) is 7.22. The van der Waals surface area contributed by atoms with Crippen molar-refractivity contribution in [3.05, 3.63) is 65.5 Å². The molecule has 0 bridgehead atoms. The molecule has 1 saturated heterocycles. The van der Waals surface area contributed by atoms with Crippen LogP contribution in [0.1, 0.15) is 36.1 Å². The fraction of sp³-hybridized carbons (Fsp3) is 0.409. The highest BCUT2D eigenvalue weighted by Gasteiger charge is 2.29. The highest BCUT2D eigenvalue weighted by Crippen LogP contribution is 2.31. The zero-order chi connectivity index (χ0) is 18.1. The van der Waals surface area contributed by atoms with E-state index in [-0.39, 0.29) is 12.0 Å². The van der Waals surface area contributed by atoms with Gasteiger partial charge in [0.1, 0.15) is 0 Å². The van der Waals surface area contributed by atoms with Crippen molar-refractivity contribution in [3.63, 3.8) is 0 Å². The second-order valence-electron chi connectivity index (χ2n) is 7.38. The van der Waals surface area contributed by atoms with Crippen molar-refractivity contribution in [1.82, 2.24) is 14.7 Å². The largest absolute Gasteiger partial charge is 0.391 e. The molecule has 0 aliphatic carbocycles. The summed E-state index contributed by atoms with van der Waals surface area (Å²) in [6, 6.07) is 15.0. The summed E-state index contributed by atoms with van der Waals surface area (Å²) < 4.78 is 2.04. The summed E-state index contributed by atoms with van der Waals surface area (Å²) in [4.78, 5) is 2.35. The van der Waals surface area contributed by atoms with Gasteiger partial charge in [-0.05, 0) is 43.1 Å². The summed E-state index contributed by atoms with van der Waals surface area (Å²) in [6.07, 6.45) is 2.63. The molecule has 1 aliphatic rings. The number of benzene rings is 2. The van der Waals surface area contributed by atoms with Gasteiger partial charge in [-0.25, -0.2) is 0 Å². The fourth-order valence-electron chi connectivity index (χ4n) is 4.17. The van der Waals surface area contributed by atoms with E-state index in [1.54, 1.807) is 0 Å². The highest BCUT2D eigenvalue weighted by molar-refractivity contribution is 5.83. The molecule has 3 aromatic rings. The minimum absolute atomic E-state index is 0.218. The van der Waals surface area contributed by atoms with Gasteiger partial charge >= 0.3 is 0 Å². The SMILES string of the molecule is CCn1ncc(CN2CC[C@@H](c3ccc4ccccc4c3)[C@H](O)C2)c1C. The van der Waals surface area contributed by atoms with Crippen LogP contribution in [-0.2, 0) is 13.1 Å². The molecule has 1 N–H and O–H groups in total. The molecule has 4 heteroatoms. The topological polar surface area (TPSA) is 41.3 Å². The van der Waals surface area contributed by atoms with Crippen molar-refractivity contribution >= 4 is 10.8 Å². The van der Waals surface area contributed by atoms with Crippen molar-refractivity contribution < 1.29 is 5.11 Å². The Hall–Kier alpha value is -2.17. The Bertz CT molecular complexity index is 901. The molecule has 1 aromatic heterocycles. The van der Waals surface area contributed by atoms with Crippen molar-refractivity contribution in [2.24, 2.45) is 0 Å². The number of aliphatic hydroxyl groups excluding tert-OH is 1. The van der Waals surface area contributed by atoms with Gasteiger partial charge in [0.05, 0.1) is 12.3 Å². The number of fused-ring (bicyclic) bond motifs is 1. The van der Waals surface area contributed by atoms with Gasteiger partial charge in [-0.15, -0.1) is 0 Å². The van der Waals surface area contributed by atoms with Crippen LogP contribution < -0.4 is 0 Å². The van der Waals surface area contributed by atoms with Crippen molar-refractivity contribution in [1.29, 1.82) is 0 Å². The molecule has 4 nitrogen and oxygen atoms in total. The maximum absolute atomic E-state index is 10.8. The van der Waals surface area contributed by atoms with Crippen LogP contribution in [0.15, 0.2) is 48.7 Å². The first-order valence-electron chi connectivity index (χ1n) is 9.56. The molecule has 4 rings (SSSR count). The molecule has 0 spiro atoms. The van der Waals surface area contributed by atoms with Gasteiger partial charge in [0.25, 0.3) is 0 Å². The lowest BCUT2D eigenvalue weighted by Gasteiger charge is -2.36. The van der Waals surface area contributed by atoms with Crippen LogP contribution in [0.4, 0.5) is 0 Å². The molecule has 0 amide bonds. The standard InChI is InChI=1S/C22H27N3O/c1-3-25-16(2)20(13-23-25)14-24-11-10-21(22(26)15-24)19-9-8-17-6-4-5-7-18(17)12-19/h4-9,12-13,21-22,26H,3,10-11,14-15H2,1-2H3/t21-,22+/m0/s1. The Balaban J connectivity index is 1.46. The average Bonchev–Trinajstić information content (AvgIpc) is 3.01. The van der Waals surface area contributed by atoms with Crippen LogP contribution in [0.25, 0.3) is 10.8 Å². The molecule has 2 atom stereocenters. The van der Waals surface area contributed by atoms with E-state index >= 15 is 0 Å². The lowest BCUT2D eigenvalue weighted by Crippen LogP contribution is -2.42. The highest BCUT2D eigenvalue weighted by atomic mass is 16.3. The van der Waals surface area contributed by atoms with Gasteiger partial charge in [0.15, 0.2) is 0 Å². The predicted molar refractivity (Wildman–Crippen MR) is 105 cm³/mol. The van der Waals surface area contributed by atoms with E-state index in [0.717, 1.165) is 26.1 Å². The summed E-state index contributed by atoms with van der Waals surface area (Å²) in [7, 11) is 0. The summed E-state index contributed by atoms with van der Waals surface area (Å²) >= 11 is 0. The summed E-state index contributed by atoms with van der Waals surface area (Å²) in [6.45, 7) is 7.73. The first-order valence-corrected chi connectivity index (χ1v) is 9.56. The lowest BCUT2D eigenvalue weighted by atomic mass is 9.86. The molecule has 26 heavy (non-hydrogen) atoms. The lowest BCUT2D eigenvalue weighted by molar-refractivity contribution is 0.0476. The Morgan fingerprint density at radius 3 is 2.69 bits per heavy atom. The van der Waals surface area contributed by atoms with Crippen molar-refractivity contribution in [2.75, 3.05) is 13.1 Å². The quantitative estimate of drug-likeness (QED) is 0.780. The average molecular weight is 349 g/mol. The van der Waals surface area contributed by atoms with E-state index in [4.69, 9.17) is 0 Å². The fourth-order valence-corrected chi connectivity index (χ4v) is 4.17. The van der Waals surface area contributed by atoms with E-state index in [1.807, 2.05) is 10.9 Å². The van der Waals surface area contributed by atoms with Crippen LogP contribution in [0.5, 0.6) is 0 Å². The second-order valence-corrected chi connectivity index (χ2v) is 7.38. The minimum atomic E-state index is -0.327. The van der Waals surface area contributed by atoms with Crippen LogP contribution in [0, 0.1) is 6.92 Å². The molecular formula is C22H27N3O. The third-order valence-electron chi connectivity index (χ3n) is 5.77. The Morgan fingerprint density at radius 1 is 1.15 bits per heavy atom. The van der Waals surface area contributed by atoms with Gasteiger partial charge < -0.3 is 5.11 Å². The van der Waals surface area contributed by atoms with Gasteiger partial charge in [0, 0.05) is 36.8 Å². The van der Waals surface area contributed by atoms with Crippen LogP contribution in [0.2, 0.25) is 0 Å². The Kier molecular flexibility index (Phi) is 4.79. The number of likely N-dealkylation sites (tertiary alicyclic amines) is 1. The molecular weight excluding hydrogens is 322 g/mol. The smallest absolute Gasteiger partial charge is 0.0736 e. The maximum Gasteiger partial charge on any atom is 0.0736 e. The monoisotopic (exact) mass is 349 g/mol. The van der Waals surface area contributed by atoms with E-state index < -0.39 is 0 Å². The number of nitrogens with zero attached hydrogens (tertiary/aromatic N) is 3. The van der Waals surface area contributed by atoms with E-state index in [9.17, 15) is 5.11 Å². The molecule has 1 aliphatic heterocycles. The summed E-state index contributed by atoms with van der Waals surface area (Å²) in [5.74, 6) is 0.218. The zero-order valence-electron chi connectivity index (χ0n) is 15.6. The molecule has 2 heterocycles. The molecule has 1 fully saturated rings. The third kappa shape index (κ3) is 3.27. The maximum atomic E-state index is 10.8. The van der Waals surface area contributed by atoms with E-state index in [1.165, 1.54) is 27.6 Å². The van der Waals surface area contributed by atoms with Crippen LogP contribution in [-0.4, -0.2) is 39.0 Å². The Labute approximate surface area is 155 Å². The first kappa shape index (κ1) is 17.3. The van der Waals surface area contributed by atoms with Gasteiger partial charge in [0.2, 0.25) is 0 Å². The molecule has 136 valence electrons. The van der Waals surface area contributed by atoms with Gasteiger partial charge in [-0.3, -0.25) is 9.58 Å². The summed E-state index contributed by atoms with van der Waals surface area (Å²) in [5, 5.41) is 17.7. The van der Waals surface area contributed by atoms with Gasteiger partial charge in [-0.1, -0.05) is 42.5 Å². The van der Waals surface area contributed by atoms with Crippen molar-refractivity contribution in [2.45, 2.75) is 45.4 Å². The van der Waals surface area contributed by atoms with E-state index in [0.29, 0.717) is 6.54 Å². The number of aryl methyl sites for hydroxylation is 1. The number of β-amino-alcohol motifs (C(OH)–C–C–N with tert-alkyl or cyclic N) is 1. The number of hydrogen-bond acceptors (Lipinski definition) is 3. The molecule has 0 saturated carbocycles. The number of aliphatic hydroxyl groups is 1. The molecule has 2 aromatic carbocycles. The first-order chi connectivity index (χ1) is 12.7. The van der Waals surface area contributed by atoms with E-state index in [2.05, 4.69) is 66.3 Å². The minimum Gasteiger partial charge on any atom is -0.391 e. The normalized spacial score (nSPS) is 21.3. The zero-order valence-corrected chi connectivity index (χ0v) is 15.6. The van der Waals surface area contributed by atoms with Crippen molar-refractivity contribution in [3.8, 4) is 0 Å². The third-order valence-corrected chi connectivity index (χ3v) is 5.77. The predicted octanol–water partition coefficient (Wildman–Crippen LogP) is 3.72. The summed E-state index contributed by atoms with van der Waals surface area (Å²) in [5.41, 5.74) is 3.76. The number of hydrogen-bond donors (Lipinski definition) is 1.